The maximum Gasteiger partial charge on any atom is 0.433 e. The predicted molar refractivity (Wildman–Crippen MR) is 109 cm³/mol. The summed E-state index contributed by atoms with van der Waals surface area (Å²) in [7, 11) is 0. The Kier molecular flexibility index (Phi) is 5.05. The van der Waals surface area contributed by atoms with Gasteiger partial charge in [-0.2, -0.15) is 13.2 Å². The first-order valence-electron chi connectivity index (χ1n) is 9.92. The normalized spacial score (nSPS) is 26.1. The van der Waals surface area contributed by atoms with E-state index in [9.17, 15) is 13.2 Å². The van der Waals surface area contributed by atoms with Crippen molar-refractivity contribution in [3.63, 3.8) is 0 Å². The Labute approximate surface area is 178 Å². The van der Waals surface area contributed by atoms with Crippen LogP contribution in [0, 0.1) is 11.2 Å². The van der Waals surface area contributed by atoms with Crippen LogP contribution in [0.5, 0.6) is 0 Å². The van der Waals surface area contributed by atoms with Crippen molar-refractivity contribution in [1.29, 1.82) is 0 Å². The molecule has 1 aromatic heterocycles. The summed E-state index contributed by atoms with van der Waals surface area (Å²) in [6.07, 6.45) is -2.44. The molecule has 1 fully saturated rings. The van der Waals surface area contributed by atoms with Crippen molar-refractivity contribution < 1.29 is 17.6 Å². The van der Waals surface area contributed by atoms with Crippen LogP contribution >= 0.6 is 11.6 Å². The van der Waals surface area contributed by atoms with Gasteiger partial charge >= 0.3 is 6.18 Å². The minimum Gasteiger partial charge on any atom is -0.384 e. The fraction of sp³-hybridized carbons (Fsp3) is 0.500. The van der Waals surface area contributed by atoms with Crippen LogP contribution in [0.25, 0.3) is 0 Å². The molecule has 0 unspecified atom stereocenters. The van der Waals surface area contributed by atoms with Crippen LogP contribution in [-0.4, -0.2) is 24.1 Å². The van der Waals surface area contributed by atoms with Crippen LogP contribution < -0.4 is 10.6 Å². The van der Waals surface area contributed by atoms with Gasteiger partial charge in [0.1, 0.15) is 11.5 Å². The van der Waals surface area contributed by atoms with Crippen molar-refractivity contribution in [3.8, 4) is 0 Å². The average molecular weight is 442 g/mol. The maximum absolute atomic E-state index is 15.0. The van der Waals surface area contributed by atoms with Gasteiger partial charge in [0.2, 0.25) is 0 Å². The van der Waals surface area contributed by atoms with Crippen molar-refractivity contribution in [2.45, 2.75) is 50.7 Å². The van der Waals surface area contributed by atoms with Crippen LogP contribution in [-0.2, 0) is 11.6 Å². The highest BCUT2D eigenvalue weighted by atomic mass is 35.5. The minimum absolute atomic E-state index is 0.0332. The van der Waals surface area contributed by atoms with E-state index in [0.29, 0.717) is 29.9 Å². The van der Waals surface area contributed by atoms with Gasteiger partial charge < -0.3 is 10.6 Å². The zero-order valence-corrected chi connectivity index (χ0v) is 17.8. The summed E-state index contributed by atoms with van der Waals surface area (Å²) in [4.78, 5) is 3.73. The lowest BCUT2D eigenvalue weighted by Gasteiger charge is -2.39. The number of aromatic nitrogens is 1. The number of benzene rings is 1. The molecular weight excluding hydrogens is 418 g/mol. The molecule has 0 amide bonds. The highest BCUT2D eigenvalue weighted by Crippen LogP contribution is 2.54. The third-order valence-corrected chi connectivity index (χ3v) is 6.54. The number of anilines is 1. The van der Waals surface area contributed by atoms with E-state index < -0.39 is 23.1 Å². The zero-order valence-electron chi connectivity index (χ0n) is 17.0. The van der Waals surface area contributed by atoms with Crippen molar-refractivity contribution >= 4 is 17.3 Å². The van der Waals surface area contributed by atoms with Gasteiger partial charge in [0, 0.05) is 47.9 Å². The van der Waals surface area contributed by atoms with Crippen molar-refractivity contribution in [1.82, 2.24) is 10.3 Å². The second-order valence-corrected chi connectivity index (χ2v) is 9.84. The molecule has 2 aromatic rings. The van der Waals surface area contributed by atoms with Crippen molar-refractivity contribution in [2.75, 3.05) is 18.4 Å². The van der Waals surface area contributed by atoms with Crippen LogP contribution in [0.2, 0.25) is 5.02 Å². The molecule has 1 saturated heterocycles. The summed E-state index contributed by atoms with van der Waals surface area (Å²) in [6, 6.07) is 5.92. The van der Waals surface area contributed by atoms with Crippen molar-refractivity contribution in [3.05, 3.63) is 58.1 Å². The Morgan fingerprint density at radius 2 is 1.97 bits per heavy atom. The Bertz CT molecular complexity index is 970. The first kappa shape index (κ1) is 21.4. The molecule has 3 atom stereocenters. The quantitative estimate of drug-likeness (QED) is 0.583. The molecule has 2 N–H and O–H groups in total. The van der Waals surface area contributed by atoms with E-state index in [2.05, 4.69) is 36.4 Å². The summed E-state index contributed by atoms with van der Waals surface area (Å²) in [5, 5.41) is 6.73. The molecule has 3 heterocycles. The number of hydrogen-bond donors (Lipinski definition) is 2. The van der Waals surface area contributed by atoms with Crippen LogP contribution in [0.1, 0.15) is 49.9 Å². The highest BCUT2D eigenvalue weighted by Gasteiger charge is 2.56. The largest absolute Gasteiger partial charge is 0.433 e. The van der Waals surface area contributed by atoms with Crippen LogP contribution in [0.4, 0.5) is 23.2 Å². The van der Waals surface area contributed by atoms with Gasteiger partial charge in [0.15, 0.2) is 0 Å². The molecule has 0 bridgehead atoms. The summed E-state index contributed by atoms with van der Waals surface area (Å²) in [5.74, 6) is -0.772. The molecule has 30 heavy (non-hydrogen) atoms. The second-order valence-electron chi connectivity index (χ2n) is 9.43. The fourth-order valence-electron chi connectivity index (χ4n) is 5.00. The Morgan fingerprint density at radius 1 is 1.23 bits per heavy atom. The Balaban J connectivity index is 1.87. The number of fused-ring (bicyclic) bond motifs is 2. The molecule has 4 rings (SSSR count). The zero-order chi connectivity index (χ0) is 21.9. The number of rotatable bonds is 2. The minimum atomic E-state index is -4.52. The van der Waals surface area contributed by atoms with Gasteiger partial charge in [-0.05, 0) is 29.5 Å². The molecule has 3 nitrogen and oxygen atoms in total. The van der Waals surface area contributed by atoms with E-state index >= 15 is 4.39 Å². The third kappa shape index (κ3) is 3.46. The van der Waals surface area contributed by atoms with Crippen LogP contribution in [0.15, 0.2) is 30.5 Å². The molecule has 2 aliphatic rings. The van der Waals surface area contributed by atoms with E-state index in [0.717, 1.165) is 12.5 Å². The molecule has 162 valence electrons. The Hall–Kier alpha value is -1.86. The third-order valence-electron chi connectivity index (χ3n) is 6.25. The molecule has 0 radical (unpaired) electrons. The fourth-order valence-corrected chi connectivity index (χ4v) is 5.18. The van der Waals surface area contributed by atoms with Gasteiger partial charge in [0.25, 0.3) is 0 Å². The topological polar surface area (TPSA) is 37.0 Å². The average Bonchev–Trinajstić information content (AvgIpc) is 3.18. The molecule has 1 spiro atoms. The molecule has 8 heteroatoms. The number of halogens is 5. The van der Waals surface area contributed by atoms with Crippen LogP contribution in [0.3, 0.4) is 0 Å². The number of hydrogen-bond acceptors (Lipinski definition) is 3. The lowest BCUT2D eigenvalue weighted by atomic mass is 9.64. The molecule has 0 aliphatic carbocycles. The maximum atomic E-state index is 15.0. The number of nitrogens with zero attached hydrogens (tertiary/aromatic N) is 1. The second kappa shape index (κ2) is 7.09. The molecule has 1 aromatic carbocycles. The first-order valence-corrected chi connectivity index (χ1v) is 10.3. The van der Waals surface area contributed by atoms with E-state index in [1.807, 2.05) is 0 Å². The summed E-state index contributed by atoms with van der Waals surface area (Å²) >= 11 is 6.05. The molecule has 2 aliphatic heterocycles. The van der Waals surface area contributed by atoms with Gasteiger partial charge in [-0.15, -0.1) is 0 Å². The van der Waals surface area contributed by atoms with Gasteiger partial charge in [-0.3, -0.25) is 4.98 Å². The first-order chi connectivity index (χ1) is 13.9. The van der Waals surface area contributed by atoms with E-state index in [1.165, 1.54) is 12.3 Å². The number of pyridine rings is 1. The van der Waals surface area contributed by atoms with Gasteiger partial charge in [0.05, 0.1) is 5.02 Å². The Morgan fingerprint density at radius 3 is 2.63 bits per heavy atom. The standard InChI is InChI=1S/C22H24ClF4N3/c1-20(2,3)8-18-21(13(9-29-18)12-5-4-6-15(23)19(12)24)11-30-16-7-17(22(25,26)27)28-10-14(16)21/h4-7,10,13,18,29-30H,8-9,11H2,1-3H3/t13-,18+,21+/m1/s1. The predicted octanol–water partition coefficient (Wildman–Crippen LogP) is 5.75. The van der Waals surface area contributed by atoms with Gasteiger partial charge in [-0.1, -0.05) is 44.5 Å². The van der Waals surface area contributed by atoms with E-state index in [1.54, 1.807) is 12.1 Å². The summed E-state index contributed by atoms with van der Waals surface area (Å²) in [6.45, 7) is 7.24. The van der Waals surface area contributed by atoms with Gasteiger partial charge in [-0.25, -0.2) is 4.39 Å². The summed E-state index contributed by atoms with van der Waals surface area (Å²) < 4.78 is 54.6. The summed E-state index contributed by atoms with van der Waals surface area (Å²) in [5.41, 5.74) is -0.0261. The van der Waals surface area contributed by atoms with E-state index in [-0.39, 0.29) is 22.4 Å². The van der Waals surface area contributed by atoms with Crippen molar-refractivity contribution in [2.24, 2.45) is 5.41 Å². The monoisotopic (exact) mass is 441 g/mol. The van der Waals surface area contributed by atoms with E-state index in [4.69, 9.17) is 11.6 Å². The smallest absolute Gasteiger partial charge is 0.384 e. The number of nitrogens with one attached hydrogen (secondary N) is 2. The number of alkyl halides is 3. The molecular formula is C22H24ClF4N3. The lowest BCUT2D eigenvalue weighted by molar-refractivity contribution is -0.141. The highest BCUT2D eigenvalue weighted by molar-refractivity contribution is 6.30. The SMILES string of the molecule is CC(C)(C)C[C@@H]1NC[C@H](c2cccc(Cl)c2F)[C@]12CNc1cc(C(F)(F)F)ncc12. The molecule has 0 saturated carbocycles. The lowest BCUT2D eigenvalue weighted by Crippen LogP contribution is -2.46.